The molecule has 1 aromatic rings. The van der Waals surface area contributed by atoms with Gasteiger partial charge in [-0.05, 0) is 18.2 Å². The molecule has 1 aliphatic rings. The summed E-state index contributed by atoms with van der Waals surface area (Å²) in [6.07, 6.45) is -7.18. The molecule has 1 atom stereocenters. The van der Waals surface area contributed by atoms with Crippen LogP contribution in [0.3, 0.4) is 0 Å². The Morgan fingerprint density at radius 3 is 2.09 bits per heavy atom. The van der Waals surface area contributed by atoms with Crippen molar-refractivity contribution >= 4 is 15.9 Å². The lowest BCUT2D eigenvalue weighted by atomic mass is 10.1. The Bertz CT molecular complexity index is 645. The molecule has 1 nitrogen and oxygen atoms in total. The van der Waals surface area contributed by atoms with E-state index in [1.54, 1.807) is 0 Å². The van der Waals surface area contributed by atoms with Gasteiger partial charge in [-0.2, -0.15) is 8.78 Å². The molecule has 0 N–H and O–H groups in total. The van der Waals surface area contributed by atoms with Gasteiger partial charge in [-0.3, -0.25) is 0 Å². The van der Waals surface area contributed by atoms with Crippen molar-refractivity contribution in [2.75, 3.05) is 0 Å². The molecule has 0 bridgehead atoms. The Kier molecular flexibility index (Phi) is 4.67. The Morgan fingerprint density at radius 2 is 1.59 bits per heavy atom. The van der Waals surface area contributed by atoms with Gasteiger partial charge in [0.15, 0.2) is 11.7 Å². The lowest BCUT2D eigenvalue weighted by Gasteiger charge is -2.24. The minimum atomic E-state index is -4.51. The highest BCUT2D eigenvalue weighted by molar-refractivity contribution is 9.10. The minimum absolute atomic E-state index is 0.123. The minimum Gasteiger partial charge on any atom is -0.308 e. The summed E-state index contributed by atoms with van der Waals surface area (Å²) in [5.74, 6) is -8.39. The maximum absolute atomic E-state index is 13.8. The predicted molar refractivity (Wildman–Crippen MR) is 65.9 cm³/mol. The molecule has 1 aliphatic carbocycles. The smallest absolute Gasteiger partial charge is 0.308 e. The van der Waals surface area contributed by atoms with E-state index in [-0.39, 0.29) is 10.5 Å². The van der Waals surface area contributed by atoms with E-state index in [4.69, 9.17) is 0 Å². The summed E-state index contributed by atoms with van der Waals surface area (Å²) in [5, 5.41) is 0. The van der Waals surface area contributed by atoms with Crippen molar-refractivity contribution in [3.63, 3.8) is 0 Å². The Labute approximate surface area is 128 Å². The average molecular weight is 391 g/mol. The predicted octanol–water partition coefficient (Wildman–Crippen LogP) is 5.57. The molecule has 0 amide bonds. The molecule has 0 spiro atoms. The molecule has 2 rings (SSSR count). The summed E-state index contributed by atoms with van der Waals surface area (Å²) in [6, 6.07) is 1.15. The number of benzene rings is 1. The number of hydrogen-bond acceptors (Lipinski definition) is 1. The maximum atomic E-state index is 13.8. The van der Waals surface area contributed by atoms with Crippen molar-refractivity contribution in [1.29, 1.82) is 0 Å². The molecule has 0 radical (unpaired) electrons. The number of allylic oxidation sites excluding steroid dienone is 2. The largest absolute Gasteiger partial charge is 0.389 e. The first-order valence-corrected chi connectivity index (χ1v) is 6.53. The second kappa shape index (κ2) is 6.04. The van der Waals surface area contributed by atoms with Gasteiger partial charge in [-0.25, -0.2) is 22.0 Å². The van der Waals surface area contributed by atoms with Crippen molar-refractivity contribution in [3.8, 4) is 0 Å². The van der Waals surface area contributed by atoms with E-state index in [0.29, 0.717) is 12.1 Å². The standard InChI is InChI=1S/C13H6BrF7O/c14-5-1-7(15)11(8(16)2-5)13(20,21)22-6-3-9(17)12(19)10(18)4-6/h1-3,6H,4H2. The summed E-state index contributed by atoms with van der Waals surface area (Å²) in [5.41, 5.74) is -1.71. The van der Waals surface area contributed by atoms with Gasteiger partial charge in [0.2, 0.25) is 0 Å². The molecule has 1 aromatic carbocycles. The monoisotopic (exact) mass is 390 g/mol. The van der Waals surface area contributed by atoms with Gasteiger partial charge in [0.25, 0.3) is 0 Å². The van der Waals surface area contributed by atoms with Crippen LogP contribution in [0, 0.1) is 11.6 Å². The fourth-order valence-corrected chi connectivity index (χ4v) is 2.24. The Hall–Kier alpha value is -1.35. The zero-order chi connectivity index (χ0) is 16.7. The highest BCUT2D eigenvalue weighted by Crippen LogP contribution is 2.39. The lowest BCUT2D eigenvalue weighted by Crippen LogP contribution is -2.28. The van der Waals surface area contributed by atoms with E-state index < -0.39 is 53.3 Å². The van der Waals surface area contributed by atoms with Crippen molar-refractivity contribution in [3.05, 3.63) is 57.4 Å². The van der Waals surface area contributed by atoms with Crippen LogP contribution in [0.2, 0.25) is 0 Å². The molecule has 0 saturated carbocycles. The molecular formula is C13H6BrF7O. The van der Waals surface area contributed by atoms with E-state index >= 15 is 0 Å². The summed E-state index contributed by atoms with van der Waals surface area (Å²) in [7, 11) is 0. The number of rotatable bonds is 3. The molecule has 0 fully saturated rings. The van der Waals surface area contributed by atoms with E-state index in [9.17, 15) is 30.7 Å². The van der Waals surface area contributed by atoms with Crippen LogP contribution >= 0.6 is 15.9 Å². The maximum Gasteiger partial charge on any atom is 0.389 e. The van der Waals surface area contributed by atoms with Gasteiger partial charge in [-0.1, -0.05) is 15.9 Å². The summed E-state index contributed by atoms with van der Waals surface area (Å²) in [6.45, 7) is 0. The van der Waals surface area contributed by atoms with Crippen molar-refractivity contribution in [1.82, 2.24) is 0 Å². The van der Waals surface area contributed by atoms with Gasteiger partial charge in [0.1, 0.15) is 23.0 Å². The SMILES string of the molecule is FC1=CC(OC(F)(F)c2c(F)cc(Br)cc2F)CC(F)=C1F. The van der Waals surface area contributed by atoms with Crippen LogP contribution in [0.25, 0.3) is 0 Å². The average Bonchev–Trinajstić information content (AvgIpc) is 2.33. The van der Waals surface area contributed by atoms with E-state index in [1.165, 1.54) is 0 Å². The van der Waals surface area contributed by atoms with Crippen LogP contribution in [0.5, 0.6) is 0 Å². The van der Waals surface area contributed by atoms with Gasteiger partial charge in [0, 0.05) is 10.9 Å². The molecular weight excluding hydrogens is 385 g/mol. The van der Waals surface area contributed by atoms with Crippen LogP contribution < -0.4 is 0 Å². The van der Waals surface area contributed by atoms with E-state index in [0.717, 1.165) is 0 Å². The third-order valence-electron chi connectivity index (χ3n) is 2.76. The van der Waals surface area contributed by atoms with Crippen LogP contribution in [0.4, 0.5) is 30.7 Å². The molecule has 0 saturated heterocycles. The van der Waals surface area contributed by atoms with Crippen molar-refractivity contribution < 1.29 is 35.5 Å². The number of halogens is 8. The fraction of sp³-hybridized carbons (Fsp3) is 0.231. The van der Waals surface area contributed by atoms with Gasteiger partial charge < -0.3 is 4.74 Å². The topological polar surface area (TPSA) is 9.23 Å². The van der Waals surface area contributed by atoms with Gasteiger partial charge in [-0.15, -0.1) is 0 Å². The quantitative estimate of drug-likeness (QED) is 0.613. The van der Waals surface area contributed by atoms with Crippen LogP contribution in [0.15, 0.2) is 40.2 Å². The van der Waals surface area contributed by atoms with Crippen LogP contribution in [-0.2, 0) is 10.8 Å². The third kappa shape index (κ3) is 3.35. The highest BCUT2D eigenvalue weighted by Gasteiger charge is 2.42. The molecule has 0 aliphatic heterocycles. The normalized spacial score (nSPS) is 19.5. The summed E-state index contributed by atoms with van der Waals surface area (Å²) in [4.78, 5) is 0. The molecule has 0 heterocycles. The zero-order valence-electron chi connectivity index (χ0n) is 10.4. The third-order valence-corrected chi connectivity index (χ3v) is 3.22. The number of alkyl halides is 2. The molecule has 120 valence electrons. The second-order valence-electron chi connectivity index (χ2n) is 4.36. The van der Waals surface area contributed by atoms with E-state index in [1.807, 2.05) is 0 Å². The molecule has 0 aromatic heterocycles. The van der Waals surface area contributed by atoms with Crippen LogP contribution in [-0.4, -0.2) is 6.10 Å². The van der Waals surface area contributed by atoms with Crippen molar-refractivity contribution in [2.24, 2.45) is 0 Å². The first-order chi connectivity index (χ1) is 10.1. The summed E-state index contributed by atoms with van der Waals surface area (Å²) >= 11 is 2.71. The van der Waals surface area contributed by atoms with Gasteiger partial charge in [0.05, 0.1) is 6.10 Å². The Balaban J connectivity index is 2.30. The molecule has 1 unspecified atom stereocenters. The number of ether oxygens (including phenoxy) is 1. The highest BCUT2D eigenvalue weighted by atomic mass is 79.9. The first kappa shape index (κ1) is 17.0. The second-order valence-corrected chi connectivity index (χ2v) is 5.27. The van der Waals surface area contributed by atoms with Gasteiger partial charge >= 0.3 is 6.11 Å². The van der Waals surface area contributed by atoms with Crippen molar-refractivity contribution in [2.45, 2.75) is 18.6 Å². The fourth-order valence-electron chi connectivity index (χ4n) is 1.84. The molecule has 22 heavy (non-hydrogen) atoms. The lowest BCUT2D eigenvalue weighted by molar-refractivity contribution is -0.267. The van der Waals surface area contributed by atoms with E-state index in [2.05, 4.69) is 20.7 Å². The summed E-state index contributed by atoms with van der Waals surface area (Å²) < 4.78 is 97.4. The van der Waals surface area contributed by atoms with Crippen LogP contribution in [0.1, 0.15) is 12.0 Å². The number of hydrogen-bond donors (Lipinski definition) is 0. The zero-order valence-corrected chi connectivity index (χ0v) is 12.0. The molecule has 9 heteroatoms. The Morgan fingerprint density at radius 1 is 1.05 bits per heavy atom. The first-order valence-electron chi connectivity index (χ1n) is 5.74.